The number of methoxy groups -OCH3 is 3. The molecular weight excluding hydrogens is 362 g/mol. The molecule has 1 saturated heterocycles. The van der Waals surface area contributed by atoms with Crippen LogP contribution in [0.1, 0.15) is 27.4 Å². The first-order valence-corrected chi connectivity index (χ1v) is 9.21. The highest BCUT2D eigenvalue weighted by atomic mass is 16.5. The van der Waals surface area contributed by atoms with Crippen LogP contribution >= 0.6 is 0 Å². The molecule has 0 N–H and O–H groups in total. The van der Waals surface area contributed by atoms with Crippen LogP contribution in [0.15, 0.2) is 16.7 Å². The van der Waals surface area contributed by atoms with E-state index in [0.29, 0.717) is 35.9 Å². The highest BCUT2D eigenvalue weighted by molar-refractivity contribution is 5.98. The Morgan fingerprint density at radius 2 is 1.61 bits per heavy atom. The predicted octanol–water partition coefficient (Wildman–Crippen LogP) is 2.28. The van der Waals surface area contributed by atoms with E-state index in [4.69, 9.17) is 18.7 Å². The van der Waals surface area contributed by atoms with Crippen molar-refractivity contribution in [1.29, 1.82) is 0 Å². The second kappa shape index (κ2) is 8.52. The van der Waals surface area contributed by atoms with Crippen LogP contribution in [0.25, 0.3) is 0 Å². The number of aryl methyl sites for hydroxylation is 2. The Morgan fingerprint density at radius 3 is 2.14 bits per heavy atom. The molecule has 28 heavy (non-hydrogen) atoms. The van der Waals surface area contributed by atoms with Crippen molar-refractivity contribution in [3.8, 4) is 17.2 Å². The second-order valence-electron chi connectivity index (χ2n) is 6.78. The third-order valence-corrected chi connectivity index (χ3v) is 5.16. The maximum Gasteiger partial charge on any atom is 0.257 e. The summed E-state index contributed by atoms with van der Waals surface area (Å²) in [5.74, 6) is 2.28. The maximum absolute atomic E-state index is 13.1. The van der Waals surface area contributed by atoms with Crippen LogP contribution in [0.5, 0.6) is 17.2 Å². The van der Waals surface area contributed by atoms with Gasteiger partial charge in [0.15, 0.2) is 11.5 Å². The Labute approximate surface area is 164 Å². The molecule has 0 saturated carbocycles. The molecule has 3 rings (SSSR count). The van der Waals surface area contributed by atoms with Crippen molar-refractivity contribution in [2.24, 2.45) is 0 Å². The van der Waals surface area contributed by atoms with Gasteiger partial charge in [-0.1, -0.05) is 5.16 Å². The van der Waals surface area contributed by atoms with Gasteiger partial charge in [-0.2, -0.15) is 0 Å². The van der Waals surface area contributed by atoms with Crippen LogP contribution in [0.4, 0.5) is 0 Å². The van der Waals surface area contributed by atoms with Crippen LogP contribution in [-0.4, -0.2) is 68.4 Å². The lowest BCUT2D eigenvalue weighted by molar-refractivity contribution is 0.0624. The molecule has 1 aromatic heterocycles. The molecule has 0 aliphatic carbocycles. The number of rotatable bonds is 6. The van der Waals surface area contributed by atoms with Crippen molar-refractivity contribution < 1.29 is 23.5 Å². The molecule has 1 aliphatic rings. The first-order chi connectivity index (χ1) is 13.5. The molecular formula is C20H27N3O5. The van der Waals surface area contributed by atoms with Gasteiger partial charge in [0.25, 0.3) is 5.91 Å². The standard InChI is InChI=1S/C20H27N3O5/c1-13-16(14(2)28-21-13)12-22-6-8-23(9-7-22)20(24)15-10-18(26-4)19(27-5)11-17(15)25-3/h10-11H,6-9,12H2,1-5H3. The molecule has 1 aliphatic heterocycles. The van der Waals surface area contributed by atoms with Gasteiger partial charge in [-0.25, -0.2) is 0 Å². The minimum absolute atomic E-state index is 0.0743. The van der Waals surface area contributed by atoms with Gasteiger partial charge in [-0.15, -0.1) is 0 Å². The van der Waals surface area contributed by atoms with E-state index in [1.807, 2.05) is 18.7 Å². The summed E-state index contributed by atoms with van der Waals surface area (Å²) in [6, 6.07) is 3.36. The Balaban J connectivity index is 1.70. The minimum atomic E-state index is -0.0743. The lowest BCUT2D eigenvalue weighted by atomic mass is 10.1. The molecule has 0 radical (unpaired) electrons. The zero-order valence-corrected chi connectivity index (χ0v) is 17.1. The summed E-state index contributed by atoms with van der Waals surface area (Å²) in [6.45, 7) is 7.51. The first kappa shape index (κ1) is 20.0. The number of ether oxygens (including phenoxy) is 3. The zero-order valence-electron chi connectivity index (χ0n) is 17.1. The van der Waals surface area contributed by atoms with E-state index >= 15 is 0 Å². The SMILES string of the molecule is COc1cc(OC)c(C(=O)N2CCN(Cc3c(C)noc3C)CC2)cc1OC. The Kier molecular flexibility index (Phi) is 6.08. The van der Waals surface area contributed by atoms with E-state index < -0.39 is 0 Å². The molecule has 2 heterocycles. The van der Waals surface area contributed by atoms with Gasteiger partial charge in [-0.05, 0) is 13.8 Å². The summed E-state index contributed by atoms with van der Waals surface area (Å²) in [4.78, 5) is 17.2. The lowest BCUT2D eigenvalue weighted by Gasteiger charge is -2.35. The third-order valence-electron chi connectivity index (χ3n) is 5.16. The zero-order chi connectivity index (χ0) is 20.3. The average molecular weight is 389 g/mol. The van der Waals surface area contributed by atoms with Gasteiger partial charge in [0, 0.05) is 50.4 Å². The Morgan fingerprint density at radius 1 is 1.00 bits per heavy atom. The van der Waals surface area contributed by atoms with Crippen LogP contribution in [0.3, 0.4) is 0 Å². The smallest absolute Gasteiger partial charge is 0.257 e. The maximum atomic E-state index is 13.1. The van der Waals surface area contributed by atoms with Crippen molar-refractivity contribution in [1.82, 2.24) is 15.0 Å². The number of piperazine rings is 1. The molecule has 1 aromatic carbocycles. The summed E-state index contributed by atoms with van der Waals surface area (Å²) in [6.07, 6.45) is 0. The highest BCUT2D eigenvalue weighted by Gasteiger charge is 2.26. The van der Waals surface area contributed by atoms with E-state index in [0.717, 1.165) is 36.7 Å². The fraction of sp³-hybridized carbons (Fsp3) is 0.500. The molecule has 8 heteroatoms. The topological polar surface area (TPSA) is 77.3 Å². The van der Waals surface area contributed by atoms with Crippen molar-refractivity contribution in [3.63, 3.8) is 0 Å². The van der Waals surface area contributed by atoms with E-state index in [-0.39, 0.29) is 5.91 Å². The fourth-order valence-electron chi connectivity index (χ4n) is 3.43. The summed E-state index contributed by atoms with van der Waals surface area (Å²) in [5.41, 5.74) is 2.52. The minimum Gasteiger partial charge on any atom is -0.496 e. The largest absolute Gasteiger partial charge is 0.496 e. The molecule has 0 bridgehead atoms. The highest BCUT2D eigenvalue weighted by Crippen LogP contribution is 2.35. The summed E-state index contributed by atoms with van der Waals surface area (Å²) >= 11 is 0. The molecule has 0 spiro atoms. The quantitative estimate of drug-likeness (QED) is 0.750. The molecule has 1 amide bonds. The van der Waals surface area contributed by atoms with E-state index in [1.165, 1.54) is 0 Å². The number of benzene rings is 1. The first-order valence-electron chi connectivity index (χ1n) is 9.21. The number of hydrogen-bond donors (Lipinski definition) is 0. The van der Waals surface area contributed by atoms with Gasteiger partial charge >= 0.3 is 0 Å². The third kappa shape index (κ3) is 3.91. The Bertz CT molecular complexity index is 821. The van der Waals surface area contributed by atoms with Crippen LogP contribution in [0.2, 0.25) is 0 Å². The van der Waals surface area contributed by atoms with Crippen molar-refractivity contribution in [3.05, 3.63) is 34.7 Å². The lowest BCUT2D eigenvalue weighted by Crippen LogP contribution is -2.48. The summed E-state index contributed by atoms with van der Waals surface area (Å²) in [5, 5.41) is 4.01. The van der Waals surface area contributed by atoms with Crippen LogP contribution in [0, 0.1) is 13.8 Å². The van der Waals surface area contributed by atoms with Crippen molar-refractivity contribution in [2.45, 2.75) is 20.4 Å². The van der Waals surface area contributed by atoms with Crippen molar-refractivity contribution >= 4 is 5.91 Å². The van der Waals surface area contributed by atoms with Gasteiger partial charge in [-0.3, -0.25) is 9.69 Å². The Hall–Kier alpha value is -2.74. The molecule has 1 fully saturated rings. The summed E-state index contributed by atoms with van der Waals surface area (Å²) < 4.78 is 21.3. The summed E-state index contributed by atoms with van der Waals surface area (Å²) in [7, 11) is 4.64. The number of carbonyl (C=O) groups excluding carboxylic acids is 1. The van der Waals surface area contributed by atoms with Gasteiger partial charge < -0.3 is 23.6 Å². The number of nitrogens with zero attached hydrogens (tertiary/aromatic N) is 3. The number of aromatic nitrogens is 1. The average Bonchev–Trinajstić information content (AvgIpc) is 3.04. The van der Waals surface area contributed by atoms with E-state index in [1.54, 1.807) is 33.5 Å². The molecule has 8 nitrogen and oxygen atoms in total. The fourth-order valence-corrected chi connectivity index (χ4v) is 3.43. The molecule has 2 aromatic rings. The van der Waals surface area contributed by atoms with Gasteiger partial charge in [0.05, 0.1) is 32.6 Å². The second-order valence-corrected chi connectivity index (χ2v) is 6.78. The van der Waals surface area contributed by atoms with Crippen LogP contribution in [-0.2, 0) is 6.54 Å². The van der Waals surface area contributed by atoms with E-state index in [2.05, 4.69) is 10.1 Å². The molecule has 152 valence electrons. The molecule has 0 unspecified atom stereocenters. The van der Waals surface area contributed by atoms with E-state index in [9.17, 15) is 4.79 Å². The van der Waals surface area contributed by atoms with Crippen LogP contribution < -0.4 is 14.2 Å². The normalized spacial score (nSPS) is 14.8. The number of hydrogen-bond acceptors (Lipinski definition) is 7. The van der Waals surface area contributed by atoms with Gasteiger partial charge in [0.2, 0.25) is 0 Å². The number of carbonyl (C=O) groups is 1. The van der Waals surface area contributed by atoms with Gasteiger partial charge in [0.1, 0.15) is 11.5 Å². The monoisotopic (exact) mass is 389 g/mol. The predicted molar refractivity (Wildman–Crippen MR) is 103 cm³/mol. The number of amides is 1. The van der Waals surface area contributed by atoms with Crippen molar-refractivity contribution in [2.75, 3.05) is 47.5 Å². The molecule has 0 atom stereocenters.